The Kier molecular flexibility index (Phi) is 3.80. The number of rotatable bonds is 2. The minimum Gasteiger partial charge on any atom is -0.369 e. The molecule has 7 heteroatoms. The second-order valence-electron chi connectivity index (χ2n) is 6.75. The topological polar surface area (TPSA) is 70.6 Å². The Morgan fingerprint density at radius 2 is 2.09 bits per heavy atom. The Morgan fingerprint density at radius 1 is 1.26 bits per heavy atom. The molecule has 1 atom stereocenters. The van der Waals surface area contributed by atoms with Crippen LogP contribution >= 0.6 is 0 Å². The fourth-order valence-electron chi connectivity index (χ4n) is 3.48. The number of hydrogen-bond acceptors (Lipinski definition) is 5. The van der Waals surface area contributed by atoms with E-state index in [0.29, 0.717) is 25.7 Å². The van der Waals surface area contributed by atoms with E-state index >= 15 is 0 Å². The van der Waals surface area contributed by atoms with Crippen LogP contribution in [0.5, 0.6) is 0 Å². The van der Waals surface area contributed by atoms with Crippen molar-refractivity contribution in [2.45, 2.75) is 37.3 Å². The molecule has 23 heavy (non-hydrogen) atoms. The van der Waals surface area contributed by atoms with Crippen LogP contribution in [0, 0.1) is 0 Å². The van der Waals surface area contributed by atoms with Crippen molar-refractivity contribution in [1.82, 2.24) is 20.2 Å². The average Bonchev–Trinajstić information content (AvgIpc) is 3.40. The molecule has 0 aromatic carbocycles. The minimum atomic E-state index is -0.295. The summed E-state index contributed by atoms with van der Waals surface area (Å²) in [6.07, 6.45) is 7.75. The van der Waals surface area contributed by atoms with Gasteiger partial charge in [-0.1, -0.05) is 0 Å². The Labute approximate surface area is 136 Å². The molecular formula is C16H23N5O2. The highest BCUT2D eigenvalue weighted by molar-refractivity contribution is 5.75. The number of nitrogens with one attached hydrogen (secondary N) is 1. The summed E-state index contributed by atoms with van der Waals surface area (Å²) in [5.41, 5.74) is -0.295. The van der Waals surface area contributed by atoms with Crippen molar-refractivity contribution in [3.8, 4) is 0 Å². The van der Waals surface area contributed by atoms with Crippen molar-refractivity contribution in [3.05, 3.63) is 18.5 Å². The summed E-state index contributed by atoms with van der Waals surface area (Å²) in [5.74, 6) is 0.745. The number of morpholine rings is 1. The molecule has 124 valence electrons. The molecule has 1 saturated carbocycles. The maximum absolute atomic E-state index is 12.3. The molecule has 3 fully saturated rings. The molecule has 0 radical (unpaired) electrons. The van der Waals surface area contributed by atoms with Crippen LogP contribution in [-0.2, 0) is 4.74 Å². The SMILES string of the molecule is O=C(NC1CC1)N1CCO[C@@]2(CCCN(c3ncccn3)C2)C1. The zero-order valence-corrected chi connectivity index (χ0v) is 13.3. The van der Waals surface area contributed by atoms with E-state index in [1.54, 1.807) is 12.4 Å². The molecule has 1 aliphatic carbocycles. The van der Waals surface area contributed by atoms with Crippen LogP contribution in [-0.4, -0.2) is 65.3 Å². The van der Waals surface area contributed by atoms with Crippen LogP contribution in [0.25, 0.3) is 0 Å². The first-order valence-electron chi connectivity index (χ1n) is 8.46. The largest absolute Gasteiger partial charge is 0.369 e. The number of nitrogens with zero attached hydrogens (tertiary/aromatic N) is 4. The van der Waals surface area contributed by atoms with Gasteiger partial charge in [0.25, 0.3) is 0 Å². The van der Waals surface area contributed by atoms with Crippen LogP contribution in [0.15, 0.2) is 18.5 Å². The molecule has 1 aromatic rings. The number of anilines is 1. The van der Waals surface area contributed by atoms with Gasteiger partial charge in [-0.05, 0) is 31.7 Å². The second kappa shape index (κ2) is 5.96. The lowest BCUT2D eigenvalue weighted by Crippen LogP contribution is -2.62. The first-order chi connectivity index (χ1) is 11.2. The monoisotopic (exact) mass is 317 g/mol. The molecule has 2 amide bonds. The van der Waals surface area contributed by atoms with Gasteiger partial charge < -0.3 is 19.9 Å². The number of carbonyl (C=O) groups excluding carboxylic acids is 1. The molecule has 7 nitrogen and oxygen atoms in total. The van der Waals surface area contributed by atoms with Gasteiger partial charge in [0.15, 0.2) is 0 Å². The number of hydrogen-bond donors (Lipinski definition) is 1. The van der Waals surface area contributed by atoms with Crippen LogP contribution < -0.4 is 10.2 Å². The minimum absolute atomic E-state index is 0.0586. The van der Waals surface area contributed by atoms with E-state index in [1.165, 1.54) is 0 Å². The average molecular weight is 317 g/mol. The number of ether oxygens (including phenoxy) is 1. The van der Waals surface area contributed by atoms with Gasteiger partial charge in [0, 0.05) is 31.5 Å². The molecule has 0 bridgehead atoms. The predicted molar refractivity (Wildman–Crippen MR) is 85.3 cm³/mol. The zero-order valence-electron chi connectivity index (χ0n) is 13.3. The van der Waals surface area contributed by atoms with Crippen molar-refractivity contribution in [3.63, 3.8) is 0 Å². The normalized spacial score (nSPS) is 28.0. The maximum Gasteiger partial charge on any atom is 0.317 e. The first kappa shape index (κ1) is 14.7. The van der Waals surface area contributed by atoms with Gasteiger partial charge in [0.1, 0.15) is 5.60 Å². The van der Waals surface area contributed by atoms with Gasteiger partial charge in [-0.2, -0.15) is 0 Å². The van der Waals surface area contributed by atoms with Crippen molar-refractivity contribution in [1.29, 1.82) is 0 Å². The summed E-state index contributed by atoms with van der Waals surface area (Å²) in [6, 6.07) is 2.27. The van der Waals surface area contributed by atoms with Gasteiger partial charge >= 0.3 is 6.03 Å². The molecule has 4 rings (SSSR count). The molecule has 3 aliphatic rings. The van der Waals surface area contributed by atoms with Crippen LogP contribution in [0.4, 0.5) is 10.7 Å². The molecule has 2 saturated heterocycles. The van der Waals surface area contributed by atoms with Crippen LogP contribution in [0.2, 0.25) is 0 Å². The summed E-state index contributed by atoms with van der Waals surface area (Å²) in [4.78, 5) is 25.1. The zero-order chi connectivity index (χ0) is 15.7. The molecule has 3 heterocycles. The Morgan fingerprint density at radius 3 is 2.87 bits per heavy atom. The molecule has 2 aliphatic heterocycles. The van der Waals surface area contributed by atoms with Gasteiger partial charge in [-0.25, -0.2) is 14.8 Å². The second-order valence-corrected chi connectivity index (χ2v) is 6.75. The third-order valence-corrected chi connectivity index (χ3v) is 4.82. The van der Waals surface area contributed by atoms with Gasteiger partial charge in [-0.3, -0.25) is 0 Å². The molecule has 1 aromatic heterocycles. The van der Waals surface area contributed by atoms with E-state index in [1.807, 2.05) is 11.0 Å². The maximum atomic E-state index is 12.3. The van der Waals surface area contributed by atoms with Gasteiger partial charge in [0.05, 0.1) is 19.7 Å². The summed E-state index contributed by atoms with van der Waals surface area (Å²) >= 11 is 0. The highest BCUT2D eigenvalue weighted by Gasteiger charge is 2.42. The molecule has 1 spiro atoms. The smallest absolute Gasteiger partial charge is 0.317 e. The number of urea groups is 1. The van der Waals surface area contributed by atoms with Crippen molar-refractivity contribution < 1.29 is 9.53 Å². The number of piperidine rings is 1. The van der Waals surface area contributed by atoms with Crippen molar-refractivity contribution >= 4 is 12.0 Å². The lowest BCUT2D eigenvalue weighted by molar-refractivity contribution is -0.103. The van der Waals surface area contributed by atoms with E-state index in [2.05, 4.69) is 20.2 Å². The molecule has 1 N–H and O–H groups in total. The fourth-order valence-corrected chi connectivity index (χ4v) is 3.48. The van der Waals surface area contributed by atoms with Gasteiger partial charge in [0.2, 0.25) is 5.95 Å². The fraction of sp³-hybridized carbons (Fsp3) is 0.688. The highest BCUT2D eigenvalue weighted by atomic mass is 16.5. The third-order valence-electron chi connectivity index (χ3n) is 4.82. The summed E-state index contributed by atoms with van der Waals surface area (Å²) < 4.78 is 6.14. The summed E-state index contributed by atoms with van der Waals surface area (Å²) in [5, 5.41) is 3.08. The van der Waals surface area contributed by atoms with E-state index in [-0.39, 0.29) is 11.6 Å². The lowest BCUT2D eigenvalue weighted by Gasteiger charge is -2.47. The van der Waals surface area contributed by atoms with Crippen molar-refractivity contribution in [2.75, 3.05) is 37.7 Å². The summed E-state index contributed by atoms with van der Waals surface area (Å²) in [6.45, 7) is 3.59. The highest BCUT2D eigenvalue weighted by Crippen LogP contribution is 2.30. The summed E-state index contributed by atoms with van der Waals surface area (Å²) in [7, 11) is 0. The Bertz CT molecular complexity index is 561. The first-order valence-corrected chi connectivity index (χ1v) is 8.46. The molecule has 0 unspecified atom stereocenters. The lowest BCUT2D eigenvalue weighted by atomic mass is 9.91. The van der Waals surface area contributed by atoms with E-state index in [9.17, 15) is 4.79 Å². The number of carbonyl (C=O) groups is 1. The van der Waals surface area contributed by atoms with E-state index in [0.717, 1.165) is 44.7 Å². The Hall–Kier alpha value is -1.89. The molecular weight excluding hydrogens is 294 g/mol. The predicted octanol–water partition coefficient (Wildman–Crippen LogP) is 1.02. The quantitative estimate of drug-likeness (QED) is 0.882. The third kappa shape index (κ3) is 3.24. The van der Waals surface area contributed by atoms with Gasteiger partial charge in [-0.15, -0.1) is 0 Å². The van der Waals surface area contributed by atoms with Crippen LogP contribution in [0.1, 0.15) is 25.7 Å². The Balaban J connectivity index is 1.44. The standard InChI is InChI=1S/C16H23N5O2/c22-15(19-13-3-4-13)21-9-10-23-16(12-21)5-1-8-20(11-16)14-17-6-2-7-18-14/h2,6-7,13H,1,3-5,8-12H2,(H,19,22)/t16-/m1/s1. The van der Waals surface area contributed by atoms with Crippen LogP contribution in [0.3, 0.4) is 0 Å². The van der Waals surface area contributed by atoms with Crippen molar-refractivity contribution in [2.24, 2.45) is 0 Å². The number of amides is 2. The van der Waals surface area contributed by atoms with E-state index < -0.39 is 0 Å². The number of aromatic nitrogens is 2. The van der Waals surface area contributed by atoms with E-state index in [4.69, 9.17) is 4.74 Å².